The van der Waals surface area contributed by atoms with Gasteiger partial charge in [-0.2, -0.15) is 0 Å². The molecule has 0 unspecified atom stereocenters. The lowest BCUT2D eigenvalue weighted by atomic mass is 10.2. The van der Waals surface area contributed by atoms with Gasteiger partial charge in [0.1, 0.15) is 5.82 Å². The van der Waals surface area contributed by atoms with Crippen LogP contribution in [0.1, 0.15) is 20.8 Å². The maximum Gasteiger partial charge on any atom is 0.233 e. The molecular formula is C18H23FN4OS. The third kappa shape index (κ3) is 5.16. The van der Waals surface area contributed by atoms with Crippen LogP contribution in [0, 0.1) is 11.7 Å². The molecule has 1 aromatic heterocycles. The summed E-state index contributed by atoms with van der Waals surface area (Å²) in [6.07, 6.45) is 1.74. The van der Waals surface area contributed by atoms with E-state index in [0.29, 0.717) is 30.0 Å². The Hall–Kier alpha value is -2.15. The molecule has 25 heavy (non-hydrogen) atoms. The normalized spacial score (nSPS) is 12.2. The first-order chi connectivity index (χ1) is 11.9. The second-order valence-electron chi connectivity index (χ2n) is 6.11. The smallest absolute Gasteiger partial charge is 0.233 e. The Bertz CT molecular complexity index is 727. The Labute approximate surface area is 151 Å². The van der Waals surface area contributed by atoms with E-state index >= 15 is 0 Å². The molecule has 1 N–H and O–H groups in total. The Morgan fingerprint density at radius 1 is 1.32 bits per heavy atom. The van der Waals surface area contributed by atoms with Crippen LogP contribution in [0.4, 0.5) is 4.39 Å². The highest BCUT2D eigenvalue weighted by atomic mass is 32.2. The van der Waals surface area contributed by atoms with Crippen molar-refractivity contribution in [1.82, 2.24) is 20.1 Å². The number of amides is 1. The molecule has 5 nitrogen and oxygen atoms in total. The molecule has 7 heteroatoms. The Balaban J connectivity index is 2.19. The first-order valence-corrected chi connectivity index (χ1v) is 9.04. The summed E-state index contributed by atoms with van der Waals surface area (Å²) < 4.78 is 15.0. The second-order valence-corrected chi connectivity index (χ2v) is 7.42. The molecule has 2 aromatic rings. The van der Waals surface area contributed by atoms with Crippen molar-refractivity contribution in [3.8, 4) is 11.4 Å². The number of nitrogens with zero attached hydrogens (tertiary/aromatic N) is 3. The van der Waals surface area contributed by atoms with E-state index in [0.717, 1.165) is 5.56 Å². The largest absolute Gasteiger partial charge is 0.355 e. The second kappa shape index (κ2) is 8.80. The topological polar surface area (TPSA) is 59.8 Å². The summed E-state index contributed by atoms with van der Waals surface area (Å²) in [4.78, 5) is 12.2. The Morgan fingerprint density at radius 3 is 2.60 bits per heavy atom. The number of aromatic nitrogens is 3. The lowest BCUT2D eigenvalue weighted by molar-refractivity contribution is -0.120. The van der Waals surface area contributed by atoms with Crippen LogP contribution in [-0.2, 0) is 11.3 Å². The molecule has 134 valence electrons. The molecule has 1 heterocycles. The van der Waals surface area contributed by atoms with Crippen LogP contribution in [0.3, 0.4) is 0 Å². The molecular weight excluding hydrogens is 339 g/mol. The van der Waals surface area contributed by atoms with Gasteiger partial charge in [-0.05, 0) is 37.1 Å². The van der Waals surface area contributed by atoms with E-state index < -0.39 is 0 Å². The summed E-state index contributed by atoms with van der Waals surface area (Å²) in [6.45, 7) is 10.8. The van der Waals surface area contributed by atoms with Gasteiger partial charge in [-0.1, -0.05) is 31.7 Å². The standard InChI is InChI=1S/C18H23FN4OS/c1-5-10-23-16(14-6-8-15(19)9-7-14)21-22-18(23)25-13(4)17(24)20-11-12(2)3/h5-9,12-13H,1,10-11H2,2-4H3,(H,20,24)/t13-/m1/s1. The average Bonchev–Trinajstić information content (AvgIpc) is 2.96. The fourth-order valence-corrected chi connectivity index (χ4v) is 3.02. The molecule has 0 spiro atoms. The third-order valence-corrected chi connectivity index (χ3v) is 4.55. The van der Waals surface area contributed by atoms with Gasteiger partial charge in [0.05, 0.1) is 5.25 Å². The van der Waals surface area contributed by atoms with Crippen molar-refractivity contribution in [3.63, 3.8) is 0 Å². The summed E-state index contributed by atoms with van der Waals surface area (Å²) in [5.41, 5.74) is 0.763. The number of rotatable bonds is 8. The number of carbonyl (C=O) groups excluding carboxylic acids is 1. The quantitative estimate of drug-likeness (QED) is 0.576. The molecule has 2 rings (SSSR count). The maximum absolute atomic E-state index is 13.1. The van der Waals surface area contributed by atoms with Crippen molar-refractivity contribution in [2.45, 2.75) is 37.7 Å². The first-order valence-electron chi connectivity index (χ1n) is 8.16. The number of benzene rings is 1. The summed E-state index contributed by atoms with van der Waals surface area (Å²) >= 11 is 1.34. The molecule has 0 radical (unpaired) electrons. The molecule has 0 aliphatic heterocycles. The minimum atomic E-state index is -0.302. The predicted molar refractivity (Wildman–Crippen MR) is 98.8 cm³/mol. The number of hydrogen-bond donors (Lipinski definition) is 1. The van der Waals surface area contributed by atoms with Gasteiger partial charge < -0.3 is 5.32 Å². The van der Waals surface area contributed by atoms with E-state index in [-0.39, 0.29) is 17.0 Å². The molecule has 1 amide bonds. The fraction of sp³-hybridized carbons (Fsp3) is 0.389. The molecule has 1 atom stereocenters. The van der Waals surface area contributed by atoms with E-state index in [1.54, 1.807) is 18.2 Å². The maximum atomic E-state index is 13.1. The van der Waals surface area contributed by atoms with Gasteiger partial charge in [0.25, 0.3) is 0 Å². The van der Waals surface area contributed by atoms with E-state index in [9.17, 15) is 9.18 Å². The Kier molecular flexibility index (Phi) is 6.75. The highest BCUT2D eigenvalue weighted by Gasteiger charge is 2.20. The summed E-state index contributed by atoms with van der Waals surface area (Å²) in [7, 11) is 0. The molecule has 0 bridgehead atoms. The Morgan fingerprint density at radius 2 is 2.00 bits per heavy atom. The number of carbonyl (C=O) groups is 1. The molecule has 0 aliphatic carbocycles. The highest BCUT2D eigenvalue weighted by molar-refractivity contribution is 8.00. The van der Waals surface area contributed by atoms with Gasteiger partial charge in [-0.15, -0.1) is 16.8 Å². The minimum Gasteiger partial charge on any atom is -0.355 e. The average molecular weight is 362 g/mol. The van der Waals surface area contributed by atoms with Crippen LogP contribution in [0.5, 0.6) is 0 Å². The minimum absolute atomic E-state index is 0.0322. The van der Waals surface area contributed by atoms with Crippen molar-refractivity contribution in [2.75, 3.05) is 6.54 Å². The number of allylic oxidation sites excluding steroid dienone is 1. The zero-order chi connectivity index (χ0) is 18.4. The highest BCUT2D eigenvalue weighted by Crippen LogP contribution is 2.27. The van der Waals surface area contributed by atoms with Gasteiger partial charge in [-0.25, -0.2) is 4.39 Å². The SMILES string of the molecule is C=CCn1c(S[C@H](C)C(=O)NCC(C)C)nnc1-c1ccc(F)cc1. The van der Waals surface area contributed by atoms with Crippen LogP contribution < -0.4 is 5.32 Å². The van der Waals surface area contributed by atoms with Crippen molar-refractivity contribution in [2.24, 2.45) is 5.92 Å². The molecule has 0 saturated heterocycles. The lowest BCUT2D eigenvalue weighted by Crippen LogP contribution is -2.33. The van der Waals surface area contributed by atoms with Gasteiger partial charge in [0.2, 0.25) is 5.91 Å². The molecule has 0 aliphatic rings. The van der Waals surface area contributed by atoms with Crippen molar-refractivity contribution in [1.29, 1.82) is 0 Å². The van der Waals surface area contributed by atoms with Crippen molar-refractivity contribution in [3.05, 3.63) is 42.7 Å². The number of hydrogen-bond acceptors (Lipinski definition) is 4. The first kappa shape index (κ1) is 19.2. The zero-order valence-electron chi connectivity index (χ0n) is 14.7. The van der Waals surface area contributed by atoms with E-state index in [1.165, 1.54) is 23.9 Å². The molecule has 0 fully saturated rings. The number of nitrogens with one attached hydrogen (secondary N) is 1. The van der Waals surface area contributed by atoms with Crippen LogP contribution in [0.15, 0.2) is 42.1 Å². The van der Waals surface area contributed by atoms with Gasteiger partial charge in [-0.3, -0.25) is 9.36 Å². The van der Waals surface area contributed by atoms with Gasteiger partial charge in [0, 0.05) is 18.7 Å². The van der Waals surface area contributed by atoms with Crippen LogP contribution in [-0.4, -0.2) is 32.5 Å². The zero-order valence-corrected chi connectivity index (χ0v) is 15.5. The third-order valence-electron chi connectivity index (χ3n) is 3.47. The fourth-order valence-electron chi connectivity index (χ4n) is 2.14. The molecule has 1 aromatic carbocycles. The summed E-state index contributed by atoms with van der Waals surface area (Å²) in [6, 6.07) is 6.09. The van der Waals surface area contributed by atoms with Crippen molar-refractivity contribution >= 4 is 17.7 Å². The predicted octanol–water partition coefficient (Wildman–Crippen LogP) is 3.52. The number of thioether (sulfide) groups is 1. The van der Waals surface area contributed by atoms with E-state index in [1.807, 2.05) is 25.3 Å². The van der Waals surface area contributed by atoms with Gasteiger partial charge >= 0.3 is 0 Å². The lowest BCUT2D eigenvalue weighted by Gasteiger charge is -2.14. The van der Waals surface area contributed by atoms with E-state index in [2.05, 4.69) is 22.1 Å². The van der Waals surface area contributed by atoms with Crippen LogP contribution in [0.25, 0.3) is 11.4 Å². The molecule has 0 saturated carbocycles. The van der Waals surface area contributed by atoms with Crippen molar-refractivity contribution < 1.29 is 9.18 Å². The van der Waals surface area contributed by atoms with Crippen LogP contribution >= 0.6 is 11.8 Å². The monoisotopic (exact) mass is 362 g/mol. The summed E-state index contributed by atoms with van der Waals surface area (Å²) in [5.74, 6) is 0.687. The number of halogens is 1. The summed E-state index contributed by atoms with van der Waals surface area (Å²) in [5, 5.41) is 11.7. The van der Waals surface area contributed by atoms with Gasteiger partial charge in [0.15, 0.2) is 11.0 Å². The van der Waals surface area contributed by atoms with Crippen LogP contribution in [0.2, 0.25) is 0 Å². The van der Waals surface area contributed by atoms with E-state index in [4.69, 9.17) is 0 Å².